The number of hydrogen-bond donors (Lipinski definition) is 1. The van der Waals surface area contributed by atoms with Gasteiger partial charge in [0, 0.05) is 6.04 Å². The minimum absolute atomic E-state index is 0.0730. The molecular formula is C13H26N2O2. The second-order valence-electron chi connectivity index (χ2n) is 5.51. The van der Waals surface area contributed by atoms with Gasteiger partial charge in [-0.1, -0.05) is 13.8 Å². The lowest BCUT2D eigenvalue weighted by atomic mass is 9.78. The third kappa shape index (κ3) is 3.68. The molecule has 0 aromatic rings. The van der Waals surface area contributed by atoms with Crippen LogP contribution in [0.25, 0.3) is 0 Å². The average molecular weight is 242 g/mol. The van der Waals surface area contributed by atoms with Gasteiger partial charge in [0.1, 0.15) is 0 Å². The third-order valence-corrected chi connectivity index (χ3v) is 3.91. The number of rotatable bonds is 4. The minimum Gasteiger partial charge on any atom is -0.469 e. The maximum Gasteiger partial charge on any atom is 0.310 e. The highest BCUT2D eigenvalue weighted by molar-refractivity contribution is 5.73. The lowest BCUT2D eigenvalue weighted by Gasteiger charge is -2.36. The molecule has 1 aliphatic rings. The predicted molar refractivity (Wildman–Crippen MR) is 68.5 cm³/mol. The number of ether oxygens (including phenoxy) is 1. The molecule has 4 nitrogen and oxygen atoms in total. The SMILES string of the molecule is COC(=O)C(C(C)C)C(N)C1CCN(C)CC1. The van der Waals surface area contributed by atoms with Gasteiger partial charge in [-0.3, -0.25) is 4.79 Å². The number of esters is 1. The van der Waals surface area contributed by atoms with Crippen molar-refractivity contribution >= 4 is 5.97 Å². The molecule has 1 fully saturated rings. The first kappa shape index (κ1) is 14.5. The molecule has 4 heteroatoms. The first-order valence-corrected chi connectivity index (χ1v) is 6.49. The molecule has 100 valence electrons. The quantitative estimate of drug-likeness (QED) is 0.750. The topological polar surface area (TPSA) is 55.6 Å². The number of nitrogens with zero attached hydrogens (tertiary/aromatic N) is 1. The van der Waals surface area contributed by atoms with Crippen molar-refractivity contribution in [3.63, 3.8) is 0 Å². The van der Waals surface area contributed by atoms with E-state index in [0.717, 1.165) is 25.9 Å². The van der Waals surface area contributed by atoms with Crippen LogP contribution >= 0.6 is 0 Å². The Balaban J connectivity index is 2.64. The summed E-state index contributed by atoms with van der Waals surface area (Å²) in [4.78, 5) is 14.1. The number of methoxy groups -OCH3 is 1. The molecule has 17 heavy (non-hydrogen) atoms. The summed E-state index contributed by atoms with van der Waals surface area (Å²) in [5.41, 5.74) is 6.30. The lowest BCUT2D eigenvalue weighted by Crippen LogP contribution is -2.48. The van der Waals surface area contributed by atoms with Gasteiger partial charge in [-0.25, -0.2) is 0 Å². The molecule has 1 saturated heterocycles. The summed E-state index contributed by atoms with van der Waals surface area (Å²) in [6.07, 6.45) is 2.16. The van der Waals surface area contributed by atoms with Crippen molar-refractivity contribution in [2.24, 2.45) is 23.5 Å². The van der Waals surface area contributed by atoms with Crippen molar-refractivity contribution in [3.8, 4) is 0 Å². The number of nitrogens with two attached hydrogens (primary N) is 1. The Labute approximate surface area is 104 Å². The second-order valence-corrected chi connectivity index (χ2v) is 5.51. The number of piperidine rings is 1. The molecule has 1 heterocycles. The molecule has 0 saturated carbocycles. The lowest BCUT2D eigenvalue weighted by molar-refractivity contribution is -0.148. The number of likely N-dealkylation sites (tertiary alicyclic amines) is 1. The van der Waals surface area contributed by atoms with E-state index >= 15 is 0 Å². The van der Waals surface area contributed by atoms with Crippen LogP contribution in [0.15, 0.2) is 0 Å². The normalized spacial score (nSPS) is 22.5. The molecule has 0 bridgehead atoms. The van der Waals surface area contributed by atoms with Gasteiger partial charge in [0.05, 0.1) is 13.0 Å². The van der Waals surface area contributed by atoms with Crippen LogP contribution < -0.4 is 5.73 Å². The highest BCUT2D eigenvalue weighted by atomic mass is 16.5. The highest BCUT2D eigenvalue weighted by Gasteiger charge is 2.35. The molecule has 2 atom stereocenters. The first-order chi connectivity index (χ1) is 7.97. The van der Waals surface area contributed by atoms with Crippen molar-refractivity contribution in [3.05, 3.63) is 0 Å². The van der Waals surface area contributed by atoms with E-state index in [9.17, 15) is 4.79 Å². The van der Waals surface area contributed by atoms with Crippen LogP contribution in [0.5, 0.6) is 0 Å². The van der Waals surface area contributed by atoms with Crippen molar-refractivity contribution in [2.45, 2.75) is 32.7 Å². The van der Waals surface area contributed by atoms with Crippen LogP contribution in [-0.4, -0.2) is 44.2 Å². The number of carbonyl (C=O) groups excluding carboxylic acids is 1. The van der Waals surface area contributed by atoms with Gasteiger partial charge >= 0.3 is 5.97 Å². The van der Waals surface area contributed by atoms with E-state index in [2.05, 4.69) is 11.9 Å². The van der Waals surface area contributed by atoms with Crippen molar-refractivity contribution in [1.82, 2.24) is 4.90 Å². The van der Waals surface area contributed by atoms with E-state index in [4.69, 9.17) is 10.5 Å². The Bertz CT molecular complexity index is 248. The van der Waals surface area contributed by atoms with Crippen LogP contribution in [0.3, 0.4) is 0 Å². The van der Waals surface area contributed by atoms with E-state index in [1.165, 1.54) is 7.11 Å². The van der Waals surface area contributed by atoms with Gasteiger partial charge in [0.15, 0.2) is 0 Å². The highest BCUT2D eigenvalue weighted by Crippen LogP contribution is 2.27. The van der Waals surface area contributed by atoms with Gasteiger partial charge in [0.25, 0.3) is 0 Å². The molecule has 2 unspecified atom stereocenters. The second kappa shape index (κ2) is 6.36. The number of carbonyl (C=O) groups is 1. The van der Waals surface area contributed by atoms with Crippen LogP contribution in [0.4, 0.5) is 0 Å². The van der Waals surface area contributed by atoms with Crippen molar-refractivity contribution in [1.29, 1.82) is 0 Å². The van der Waals surface area contributed by atoms with E-state index in [-0.39, 0.29) is 23.8 Å². The van der Waals surface area contributed by atoms with E-state index in [1.807, 2.05) is 13.8 Å². The predicted octanol–water partition coefficient (Wildman–Crippen LogP) is 1.10. The van der Waals surface area contributed by atoms with E-state index < -0.39 is 0 Å². The molecule has 0 aromatic carbocycles. The van der Waals surface area contributed by atoms with Gasteiger partial charge in [0.2, 0.25) is 0 Å². The minimum atomic E-state index is -0.173. The molecule has 0 aliphatic carbocycles. The summed E-state index contributed by atoms with van der Waals surface area (Å²) in [6.45, 7) is 6.22. The summed E-state index contributed by atoms with van der Waals surface area (Å²) < 4.78 is 4.88. The van der Waals surface area contributed by atoms with Gasteiger partial charge < -0.3 is 15.4 Å². The monoisotopic (exact) mass is 242 g/mol. The zero-order chi connectivity index (χ0) is 13.0. The number of hydrogen-bond acceptors (Lipinski definition) is 4. The standard InChI is InChI=1S/C13H26N2O2/c1-9(2)11(13(16)17-4)12(14)10-5-7-15(3)8-6-10/h9-12H,5-8,14H2,1-4H3. The van der Waals surface area contributed by atoms with Gasteiger partial charge in [-0.2, -0.15) is 0 Å². The Morgan fingerprint density at radius 2 is 1.88 bits per heavy atom. The molecule has 0 aromatic heterocycles. The van der Waals surface area contributed by atoms with E-state index in [0.29, 0.717) is 5.92 Å². The maximum absolute atomic E-state index is 11.8. The fourth-order valence-electron chi connectivity index (χ4n) is 2.72. The maximum atomic E-state index is 11.8. The zero-order valence-corrected chi connectivity index (χ0v) is 11.5. The fraction of sp³-hybridized carbons (Fsp3) is 0.923. The molecule has 0 radical (unpaired) electrons. The molecule has 0 spiro atoms. The summed E-state index contributed by atoms with van der Waals surface area (Å²) >= 11 is 0. The van der Waals surface area contributed by atoms with Crippen molar-refractivity contribution < 1.29 is 9.53 Å². The van der Waals surface area contributed by atoms with Crippen LogP contribution in [0.1, 0.15) is 26.7 Å². The molecule has 1 rings (SSSR count). The molecule has 2 N–H and O–H groups in total. The molecular weight excluding hydrogens is 216 g/mol. The summed E-state index contributed by atoms with van der Waals surface area (Å²) in [6, 6.07) is -0.0730. The Kier molecular flexibility index (Phi) is 5.40. The van der Waals surface area contributed by atoms with E-state index in [1.54, 1.807) is 0 Å². The molecule has 0 amide bonds. The Hall–Kier alpha value is -0.610. The van der Waals surface area contributed by atoms with Gasteiger partial charge in [-0.15, -0.1) is 0 Å². The summed E-state index contributed by atoms with van der Waals surface area (Å²) in [7, 11) is 3.57. The van der Waals surface area contributed by atoms with Crippen LogP contribution in [0.2, 0.25) is 0 Å². The van der Waals surface area contributed by atoms with Crippen LogP contribution in [-0.2, 0) is 9.53 Å². The fourth-order valence-corrected chi connectivity index (χ4v) is 2.72. The summed E-state index contributed by atoms with van der Waals surface area (Å²) in [5.74, 6) is 0.342. The first-order valence-electron chi connectivity index (χ1n) is 6.49. The van der Waals surface area contributed by atoms with Gasteiger partial charge in [-0.05, 0) is 44.8 Å². The largest absolute Gasteiger partial charge is 0.469 e. The molecule has 1 aliphatic heterocycles. The Morgan fingerprint density at radius 3 is 2.29 bits per heavy atom. The zero-order valence-electron chi connectivity index (χ0n) is 11.5. The Morgan fingerprint density at radius 1 is 1.35 bits per heavy atom. The third-order valence-electron chi connectivity index (χ3n) is 3.91. The summed E-state index contributed by atoms with van der Waals surface area (Å²) in [5, 5.41) is 0. The van der Waals surface area contributed by atoms with Crippen molar-refractivity contribution in [2.75, 3.05) is 27.2 Å². The average Bonchev–Trinajstić information content (AvgIpc) is 2.29. The van der Waals surface area contributed by atoms with Crippen LogP contribution in [0, 0.1) is 17.8 Å². The smallest absolute Gasteiger partial charge is 0.310 e.